The van der Waals surface area contributed by atoms with Crippen LogP contribution in [0, 0.1) is 5.82 Å². The van der Waals surface area contributed by atoms with Crippen LogP contribution in [0.2, 0.25) is 5.02 Å². The molecule has 0 heterocycles. The predicted octanol–water partition coefficient (Wildman–Crippen LogP) is 1.87. The molecule has 0 radical (unpaired) electrons. The van der Waals surface area contributed by atoms with Crippen molar-refractivity contribution in [2.75, 3.05) is 20.0 Å². The van der Waals surface area contributed by atoms with Gasteiger partial charge in [-0.25, -0.2) is 12.8 Å². The molecule has 17 heavy (non-hydrogen) atoms. The Balaban J connectivity index is 3.01. The molecule has 96 valence electrons. The number of methoxy groups -OCH3 is 2. The van der Waals surface area contributed by atoms with Crippen LogP contribution in [0.3, 0.4) is 0 Å². The van der Waals surface area contributed by atoms with Crippen LogP contribution in [0.4, 0.5) is 4.39 Å². The minimum absolute atomic E-state index is 0.0667. The van der Waals surface area contributed by atoms with E-state index in [1.54, 1.807) is 0 Å². The molecule has 0 aliphatic carbocycles. The Morgan fingerprint density at radius 2 is 1.94 bits per heavy atom. The van der Waals surface area contributed by atoms with Crippen molar-refractivity contribution in [1.82, 2.24) is 0 Å². The maximum Gasteiger partial charge on any atom is 0.183 e. The normalized spacial score (nSPS) is 12.1. The predicted molar refractivity (Wildman–Crippen MR) is 61.3 cm³/mol. The second kappa shape index (κ2) is 5.77. The summed E-state index contributed by atoms with van der Waals surface area (Å²) in [6.45, 7) is 0. The number of halogens is 2. The number of rotatable bonds is 5. The zero-order valence-electron chi connectivity index (χ0n) is 9.31. The minimum Gasteiger partial charge on any atom is -0.355 e. The first kappa shape index (κ1) is 14.4. The molecular formula is C10H12ClFO4S. The summed E-state index contributed by atoms with van der Waals surface area (Å²) in [5.74, 6) is -1.03. The molecule has 0 aliphatic heterocycles. The first-order chi connectivity index (χ1) is 7.90. The molecular weight excluding hydrogens is 271 g/mol. The molecule has 1 rings (SSSR count). The van der Waals surface area contributed by atoms with Crippen molar-refractivity contribution < 1.29 is 22.3 Å². The van der Waals surface area contributed by atoms with Crippen LogP contribution in [-0.2, 0) is 19.3 Å². The lowest BCUT2D eigenvalue weighted by Gasteiger charge is -2.13. The highest BCUT2D eigenvalue weighted by molar-refractivity contribution is 7.91. The van der Waals surface area contributed by atoms with E-state index in [-0.39, 0.29) is 15.7 Å². The van der Waals surface area contributed by atoms with Crippen LogP contribution < -0.4 is 0 Å². The van der Waals surface area contributed by atoms with Gasteiger partial charge in [0.2, 0.25) is 0 Å². The van der Waals surface area contributed by atoms with Crippen LogP contribution in [-0.4, -0.2) is 34.7 Å². The third kappa shape index (κ3) is 3.64. The molecule has 0 saturated carbocycles. The first-order valence-corrected chi connectivity index (χ1v) is 6.67. The van der Waals surface area contributed by atoms with Gasteiger partial charge in [-0.1, -0.05) is 11.6 Å². The lowest BCUT2D eigenvalue weighted by atomic mass is 10.3. The molecule has 1 aromatic rings. The van der Waals surface area contributed by atoms with Gasteiger partial charge in [0.25, 0.3) is 0 Å². The molecule has 0 bridgehead atoms. The van der Waals surface area contributed by atoms with Crippen LogP contribution in [0.5, 0.6) is 0 Å². The first-order valence-electron chi connectivity index (χ1n) is 4.64. The monoisotopic (exact) mass is 282 g/mol. The number of ether oxygens (including phenoxy) is 2. The fraction of sp³-hybridized carbons (Fsp3) is 0.400. The van der Waals surface area contributed by atoms with Crippen molar-refractivity contribution in [2.45, 2.75) is 11.2 Å². The molecule has 1 aromatic carbocycles. The second-order valence-corrected chi connectivity index (χ2v) is 5.70. The lowest BCUT2D eigenvalue weighted by molar-refractivity contribution is -0.0851. The largest absolute Gasteiger partial charge is 0.355 e. The average Bonchev–Trinajstić information content (AvgIpc) is 2.29. The molecule has 0 atom stereocenters. The van der Waals surface area contributed by atoms with E-state index >= 15 is 0 Å². The highest BCUT2D eigenvalue weighted by Crippen LogP contribution is 2.21. The van der Waals surface area contributed by atoms with E-state index in [1.165, 1.54) is 14.2 Å². The summed E-state index contributed by atoms with van der Waals surface area (Å²) in [6.07, 6.45) is -0.871. The van der Waals surface area contributed by atoms with E-state index in [1.807, 2.05) is 0 Å². The molecule has 0 saturated heterocycles. The Morgan fingerprint density at radius 3 is 2.41 bits per heavy atom. The Morgan fingerprint density at radius 1 is 1.35 bits per heavy atom. The van der Waals surface area contributed by atoms with Gasteiger partial charge in [-0.2, -0.15) is 0 Å². The van der Waals surface area contributed by atoms with Crippen LogP contribution in [0.25, 0.3) is 0 Å². The Bertz CT molecular complexity index is 485. The molecule has 0 spiro atoms. The number of hydrogen-bond donors (Lipinski definition) is 0. The van der Waals surface area contributed by atoms with Crippen LogP contribution in [0.15, 0.2) is 23.1 Å². The fourth-order valence-electron chi connectivity index (χ4n) is 1.18. The van der Waals surface area contributed by atoms with Gasteiger partial charge < -0.3 is 9.47 Å². The number of benzene rings is 1. The zero-order chi connectivity index (χ0) is 13.1. The summed E-state index contributed by atoms with van der Waals surface area (Å²) < 4.78 is 46.3. The molecule has 0 unspecified atom stereocenters. The summed E-state index contributed by atoms with van der Waals surface area (Å²) in [7, 11) is -0.955. The van der Waals surface area contributed by atoms with Crippen molar-refractivity contribution in [3.05, 3.63) is 29.0 Å². The maximum absolute atomic E-state index is 12.9. The minimum atomic E-state index is -3.62. The van der Waals surface area contributed by atoms with Crippen LogP contribution >= 0.6 is 11.6 Å². The maximum atomic E-state index is 12.9. The van der Waals surface area contributed by atoms with Crippen molar-refractivity contribution in [1.29, 1.82) is 0 Å². The SMILES string of the molecule is COC(CS(=O)(=O)c1ccc(F)c(Cl)c1)OC. The smallest absolute Gasteiger partial charge is 0.183 e. The van der Waals surface area contributed by atoms with Crippen LogP contribution in [0.1, 0.15) is 0 Å². The van der Waals surface area contributed by atoms with E-state index in [9.17, 15) is 12.8 Å². The Kier molecular flexibility index (Phi) is 4.88. The molecule has 0 amide bonds. The highest BCUT2D eigenvalue weighted by atomic mass is 35.5. The van der Waals surface area contributed by atoms with E-state index < -0.39 is 21.9 Å². The second-order valence-electron chi connectivity index (χ2n) is 3.26. The average molecular weight is 283 g/mol. The summed E-state index contributed by atoms with van der Waals surface area (Å²) in [5, 5.41) is -0.238. The standard InChI is InChI=1S/C10H12ClFO4S/c1-15-10(16-2)6-17(13,14)7-3-4-9(12)8(11)5-7/h3-5,10H,6H2,1-2H3. The van der Waals surface area contributed by atoms with Gasteiger partial charge in [-0.15, -0.1) is 0 Å². The van der Waals surface area contributed by atoms with E-state index in [4.69, 9.17) is 21.1 Å². The topological polar surface area (TPSA) is 52.6 Å². The molecule has 0 aromatic heterocycles. The van der Waals surface area contributed by atoms with E-state index in [2.05, 4.69) is 0 Å². The van der Waals surface area contributed by atoms with Gasteiger partial charge >= 0.3 is 0 Å². The zero-order valence-corrected chi connectivity index (χ0v) is 10.9. The van der Waals surface area contributed by atoms with E-state index in [0.29, 0.717) is 0 Å². The number of sulfone groups is 1. The van der Waals surface area contributed by atoms with Gasteiger partial charge in [-0.05, 0) is 18.2 Å². The van der Waals surface area contributed by atoms with Gasteiger partial charge in [-0.3, -0.25) is 0 Å². The summed E-state index contributed by atoms with van der Waals surface area (Å²) >= 11 is 5.52. The molecule has 0 N–H and O–H groups in total. The van der Waals surface area contributed by atoms with Gasteiger partial charge in [0.05, 0.1) is 9.92 Å². The summed E-state index contributed by atoms with van der Waals surface area (Å²) in [5.41, 5.74) is 0. The van der Waals surface area contributed by atoms with E-state index in [0.717, 1.165) is 18.2 Å². The molecule has 0 aliphatic rings. The van der Waals surface area contributed by atoms with Crippen molar-refractivity contribution in [3.63, 3.8) is 0 Å². The Labute approximate surface area is 104 Å². The summed E-state index contributed by atoms with van der Waals surface area (Å²) in [4.78, 5) is -0.0667. The molecule has 4 nitrogen and oxygen atoms in total. The van der Waals surface area contributed by atoms with Crippen molar-refractivity contribution in [3.8, 4) is 0 Å². The third-order valence-corrected chi connectivity index (χ3v) is 4.10. The van der Waals surface area contributed by atoms with Gasteiger partial charge in [0.1, 0.15) is 11.6 Å². The third-order valence-electron chi connectivity index (χ3n) is 2.13. The summed E-state index contributed by atoms with van der Waals surface area (Å²) in [6, 6.07) is 3.22. The lowest BCUT2D eigenvalue weighted by Crippen LogP contribution is -2.24. The molecule has 0 fully saturated rings. The van der Waals surface area contributed by atoms with Crippen molar-refractivity contribution >= 4 is 21.4 Å². The number of hydrogen-bond acceptors (Lipinski definition) is 4. The fourth-order valence-corrected chi connectivity index (χ4v) is 2.82. The van der Waals surface area contributed by atoms with Gasteiger partial charge in [0, 0.05) is 14.2 Å². The van der Waals surface area contributed by atoms with Crippen molar-refractivity contribution in [2.24, 2.45) is 0 Å². The quantitative estimate of drug-likeness (QED) is 0.611. The van der Waals surface area contributed by atoms with Gasteiger partial charge in [0.15, 0.2) is 16.1 Å². The highest BCUT2D eigenvalue weighted by Gasteiger charge is 2.21. The Hall–Kier alpha value is -0.690. The molecule has 7 heteroatoms.